The normalized spacial score (nSPS) is 22.0. The number of carboxylic acids is 1. The van der Waals surface area contributed by atoms with Crippen molar-refractivity contribution in [3.8, 4) is 0 Å². The Hall–Kier alpha value is -2.13. The molecule has 3 fully saturated rings. The minimum absolute atomic E-state index is 0.110. The summed E-state index contributed by atoms with van der Waals surface area (Å²) in [7, 11) is 0. The van der Waals surface area contributed by atoms with Crippen molar-refractivity contribution in [1.82, 2.24) is 9.80 Å². The van der Waals surface area contributed by atoms with E-state index in [0.717, 1.165) is 64.4 Å². The van der Waals surface area contributed by atoms with Crippen molar-refractivity contribution in [3.05, 3.63) is 35.9 Å². The maximum Gasteiger partial charge on any atom is 0.490 e. The molecule has 178 valence electrons. The lowest BCUT2D eigenvalue weighted by Crippen LogP contribution is -2.53. The van der Waals surface area contributed by atoms with Crippen LogP contribution >= 0.6 is 0 Å². The first kappa shape index (κ1) is 24.5. The minimum atomic E-state index is -5.08. The SMILES string of the molecule is O=C(O)C(F)(F)F.O=C1CCC2(CCN(CC3CCOCC3)CC2)N1Cc1ccccc1. The number of carboxylic acid groups (broad SMARTS) is 1. The van der Waals surface area contributed by atoms with Gasteiger partial charge in [-0.2, -0.15) is 13.2 Å². The van der Waals surface area contributed by atoms with E-state index in [9.17, 15) is 18.0 Å². The summed E-state index contributed by atoms with van der Waals surface area (Å²) in [6.07, 6.45) is 1.38. The van der Waals surface area contributed by atoms with Crippen molar-refractivity contribution in [1.29, 1.82) is 0 Å². The van der Waals surface area contributed by atoms with Crippen LogP contribution in [-0.2, 0) is 20.9 Å². The summed E-state index contributed by atoms with van der Waals surface area (Å²) in [6, 6.07) is 10.5. The number of ether oxygens (including phenoxy) is 1. The maximum atomic E-state index is 12.5. The number of benzene rings is 1. The van der Waals surface area contributed by atoms with Gasteiger partial charge in [-0.3, -0.25) is 4.79 Å². The maximum absolute atomic E-state index is 12.5. The second kappa shape index (κ2) is 10.7. The van der Waals surface area contributed by atoms with Crippen LogP contribution in [0.4, 0.5) is 13.2 Å². The number of hydrogen-bond acceptors (Lipinski definition) is 4. The largest absolute Gasteiger partial charge is 0.490 e. The lowest BCUT2D eigenvalue weighted by molar-refractivity contribution is -0.192. The van der Waals surface area contributed by atoms with E-state index in [1.807, 2.05) is 6.07 Å². The topological polar surface area (TPSA) is 70.1 Å². The van der Waals surface area contributed by atoms with Crippen LogP contribution in [0, 0.1) is 5.92 Å². The Morgan fingerprint density at radius 1 is 1.09 bits per heavy atom. The van der Waals surface area contributed by atoms with Gasteiger partial charge in [0.15, 0.2) is 0 Å². The number of amides is 1. The van der Waals surface area contributed by atoms with Crippen molar-refractivity contribution in [2.45, 2.75) is 56.8 Å². The van der Waals surface area contributed by atoms with Crippen LogP contribution in [0.3, 0.4) is 0 Å². The average molecular weight is 457 g/mol. The molecule has 1 spiro atoms. The van der Waals surface area contributed by atoms with E-state index in [-0.39, 0.29) is 5.54 Å². The van der Waals surface area contributed by atoms with Gasteiger partial charge in [0.1, 0.15) is 0 Å². The number of halogens is 3. The molecule has 3 heterocycles. The Balaban J connectivity index is 0.000000360. The Morgan fingerprint density at radius 2 is 1.69 bits per heavy atom. The predicted molar refractivity (Wildman–Crippen MR) is 112 cm³/mol. The molecule has 3 saturated heterocycles. The third-order valence-electron chi connectivity index (χ3n) is 6.75. The molecule has 1 aromatic carbocycles. The molecule has 0 atom stereocenters. The zero-order chi connectivity index (χ0) is 23.2. The van der Waals surface area contributed by atoms with Gasteiger partial charge in [-0.1, -0.05) is 30.3 Å². The molecule has 3 aliphatic heterocycles. The monoisotopic (exact) mass is 456 g/mol. The second-order valence-electron chi connectivity index (χ2n) is 8.85. The number of alkyl halides is 3. The number of likely N-dealkylation sites (tertiary alicyclic amines) is 2. The van der Waals surface area contributed by atoms with Crippen molar-refractivity contribution < 1.29 is 32.6 Å². The molecule has 0 unspecified atom stereocenters. The lowest BCUT2D eigenvalue weighted by atomic mass is 9.84. The van der Waals surface area contributed by atoms with E-state index >= 15 is 0 Å². The molecule has 1 amide bonds. The molecule has 0 saturated carbocycles. The van der Waals surface area contributed by atoms with Crippen LogP contribution in [0.1, 0.15) is 44.1 Å². The molecule has 0 aliphatic carbocycles. The summed E-state index contributed by atoms with van der Waals surface area (Å²) >= 11 is 0. The summed E-state index contributed by atoms with van der Waals surface area (Å²) < 4.78 is 37.2. The molecule has 0 aromatic heterocycles. The molecule has 0 bridgehead atoms. The lowest BCUT2D eigenvalue weighted by Gasteiger charge is -2.46. The van der Waals surface area contributed by atoms with E-state index in [2.05, 4.69) is 34.1 Å². The third kappa shape index (κ3) is 6.45. The van der Waals surface area contributed by atoms with Crippen LogP contribution in [0.15, 0.2) is 30.3 Å². The molecular formula is C23H31F3N2O4. The molecule has 4 rings (SSSR count). The van der Waals surface area contributed by atoms with E-state index in [1.165, 1.54) is 24.9 Å². The Bertz CT molecular complexity index is 758. The van der Waals surface area contributed by atoms with Crippen LogP contribution in [-0.4, -0.2) is 71.3 Å². The molecule has 0 radical (unpaired) electrons. The first-order chi connectivity index (χ1) is 15.2. The van der Waals surface area contributed by atoms with Gasteiger partial charge in [-0.25, -0.2) is 4.79 Å². The Kier molecular flexibility index (Phi) is 8.16. The van der Waals surface area contributed by atoms with Gasteiger partial charge in [0.2, 0.25) is 5.91 Å². The Morgan fingerprint density at radius 3 is 2.25 bits per heavy atom. The Labute approximate surface area is 186 Å². The van der Waals surface area contributed by atoms with Gasteiger partial charge < -0.3 is 19.6 Å². The molecule has 9 heteroatoms. The first-order valence-electron chi connectivity index (χ1n) is 11.1. The molecule has 32 heavy (non-hydrogen) atoms. The van der Waals surface area contributed by atoms with E-state index in [0.29, 0.717) is 5.91 Å². The number of aliphatic carboxylic acids is 1. The minimum Gasteiger partial charge on any atom is -0.475 e. The number of rotatable bonds is 4. The summed E-state index contributed by atoms with van der Waals surface area (Å²) in [5, 5.41) is 7.12. The van der Waals surface area contributed by atoms with Gasteiger partial charge in [-0.15, -0.1) is 0 Å². The van der Waals surface area contributed by atoms with Gasteiger partial charge in [0.25, 0.3) is 0 Å². The van der Waals surface area contributed by atoms with Gasteiger partial charge in [0.05, 0.1) is 0 Å². The smallest absolute Gasteiger partial charge is 0.475 e. The number of carbonyl (C=O) groups is 2. The van der Waals surface area contributed by atoms with Crippen LogP contribution in [0.2, 0.25) is 0 Å². The second-order valence-corrected chi connectivity index (χ2v) is 8.85. The highest BCUT2D eigenvalue weighted by molar-refractivity contribution is 5.79. The van der Waals surface area contributed by atoms with Gasteiger partial charge in [-0.05, 0) is 43.6 Å². The number of carbonyl (C=O) groups excluding carboxylic acids is 1. The zero-order valence-electron chi connectivity index (χ0n) is 18.1. The highest BCUT2D eigenvalue weighted by Crippen LogP contribution is 2.40. The molecular weight excluding hydrogens is 425 g/mol. The third-order valence-corrected chi connectivity index (χ3v) is 6.75. The number of piperidine rings is 1. The van der Waals surface area contributed by atoms with Crippen LogP contribution in [0.25, 0.3) is 0 Å². The summed E-state index contributed by atoms with van der Waals surface area (Å²) in [6.45, 7) is 6.13. The van der Waals surface area contributed by atoms with Crippen molar-refractivity contribution in [3.63, 3.8) is 0 Å². The standard InChI is InChI=1S/C21H30N2O2.C2HF3O2/c24-20-6-9-21(23(20)17-18-4-2-1-3-5-18)10-12-22(13-11-21)16-19-7-14-25-15-8-19;3-2(4,5)1(6)7/h1-5,19H,6-17H2;(H,6,7). The fourth-order valence-corrected chi connectivity index (χ4v) is 4.86. The number of hydrogen-bond donors (Lipinski definition) is 1. The highest BCUT2D eigenvalue weighted by atomic mass is 19.4. The zero-order valence-corrected chi connectivity index (χ0v) is 18.1. The van der Waals surface area contributed by atoms with Crippen molar-refractivity contribution >= 4 is 11.9 Å². The highest BCUT2D eigenvalue weighted by Gasteiger charge is 2.46. The van der Waals surface area contributed by atoms with E-state index < -0.39 is 12.1 Å². The number of nitrogens with zero attached hydrogens (tertiary/aromatic N) is 2. The fraction of sp³-hybridized carbons (Fsp3) is 0.652. The predicted octanol–water partition coefficient (Wildman–Crippen LogP) is 3.70. The summed E-state index contributed by atoms with van der Waals surface area (Å²) in [5.74, 6) is -1.61. The quantitative estimate of drug-likeness (QED) is 0.748. The van der Waals surface area contributed by atoms with Gasteiger partial charge in [0, 0.05) is 51.4 Å². The summed E-state index contributed by atoms with van der Waals surface area (Å²) in [4.78, 5) is 26.3. The first-order valence-corrected chi connectivity index (χ1v) is 11.1. The van der Waals surface area contributed by atoms with E-state index in [4.69, 9.17) is 14.6 Å². The molecule has 1 N–H and O–H groups in total. The van der Waals surface area contributed by atoms with Crippen molar-refractivity contribution in [2.75, 3.05) is 32.8 Å². The van der Waals surface area contributed by atoms with Gasteiger partial charge >= 0.3 is 12.1 Å². The molecule has 3 aliphatic rings. The molecule has 6 nitrogen and oxygen atoms in total. The summed E-state index contributed by atoms with van der Waals surface area (Å²) in [5.41, 5.74) is 1.36. The average Bonchev–Trinajstić information content (AvgIpc) is 3.06. The molecule has 1 aromatic rings. The fourth-order valence-electron chi connectivity index (χ4n) is 4.86. The van der Waals surface area contributed by atoms with E-state index in [1.54, 1.807) is 0 Å². The van der Waals surface area contributed by atoms with Crippen LogP contribution < -0.4 is 0 Å². The van der Waals surface area contributed by atoms with Crippen molar-refractivity contribution in [2.24, 2.45) is 5.92 Å². The van der Waals surface area contributed by atoms with Crippen LogP contribution in [0.5, 0.6) is 0 Å².